The topological polar surface area (TPSA) is 32.3 Å². The lowest BCUT2D eigenvalue weighted by Crippen LogP contribution is -2.38. The fourth-order valence-corrected chi connectivity index (χ4v) is 1.61. The molecule has 0 heterocycles. The van der Waals surface area contributed by atoms with Crippen molar-refractivity contribution in [1.29, 1.82) is 0 Å². The third-order valence-electron chi connectivity index (χ3n) is 2.44. The van der Waals surface area contributed by atoms with Crippen LogP contribution in [-0.4, -0.2) is 25.5 Å². The van der Waals surface area contributed by atoms with Gasteiger partial charge < -0.3 is 10.2 Å². The van der Waals surface area contributed by atoms with Crippen molar-refractivity contribution in [2.24, 2.45) is 0 Å². The maximum absolute atomic E-state index is 13.1. The van der Waals surface area contributed by atoms with Crippen LogP contribution in [0.2, 0.25) is 0 Å². The highest BCUT2D eigenvalue weighted by molar-refractivity contribution is 5.94. The first-order valence-corrected chi connectivity index (χ1v) is 5.95. The first-order valence-electron chi connectivity index (χ1n) is 5.95. The van der Waals surface area contributed by atoms with Crippen LogP contribution < -0.4 is 10.2 Å². The molecule has 94 valence electrons. The molecule has 0 radical (unpaired) electrons. The summed E-state index contributed by atoms with van der Waals surface area (Å²) >= 11 is 0. The van der Waals surface area contributed by atoms with Gasteiger partial charge in [0.05, 0.1) is 6.54 Å². The Morgan fingerprint density at radius 2 is 2.18 bits per heavy atom. The van der Waals surface area contributed by atoms with Crippen molar-refractivity contribution in [3.8, 4) is 0 Å². The number of hydrogen-bond acceptors (Lipinski definition) is 2. The van der Waals surface area contributed by atoms with Crippen molar-refractivity contribution < 1.29 is 9.18 Å². The average molecular weight is 238 g/mol. The Labute approximate surface area is 102 Å². The molecular weight excluding hydrogens is 219 g/mol. The van der Waals surface area contributed by atoms with Crippen molar-refractivity contribution in [3.63, 3.8) is 0 Å². The average Bonchev–Trinajstić information content (AvgIpc) is 2.30. The summed E-state index contributed by atoms with van der Waals surface area (Å²) in [4.78, 5) is 13.5. The summed E-state index contributed by atoms with van der Waals surface area (Å²) in [6.45, 7) is 5.56. The fourth-order valence-electron chi connectivity index (χ4n) is 1.61. The van der Waals surface area contributed by atoms with Gasteiger partial charge in [-0.25, -0.2) is 4.39 Å². The molecular formula is C13H19FN2O. The zero-order valence-electron chi connectivity index (χ0n) is 10.4. The van der Waals surface area contributed by atoms with Crippen LogP contribution in [0.1, 0.15) is 20.3 Å². The molecule has 1 amide bonds. The smallest absolute Gasteiger partial charge is 0.240 e. The number of likely N-dealkylation sites (N-methyl/N-ethyl adjacent to an activating group) is 1. The molecule has 1 aromatic carbocycles. The third-order valence-corrected chi connectivity index (χ3v) is 2.44. The number of carbonyl (C=O) groups excluding carboxylic acids is 1. The van der Waals surface area contributed by atoms with Crippen LogP contribution in [0.25, 0.3) is 0 Å². The molecule has 3 nitrogen and oxygen atoms in total. The Bertz CT molecular complexity index is 368. The minimum atomic E-state index is -0.324. The van der Waals surface area contributed by atoms with Crippen LogP contribution in [0, 0.1) is 5.82 Å². The molecule has 0 unspecified atom stereocenters. The number of anilines is 1. The molecule has 1 N–H and O–H groups in total. The molecule has 0 aliphatic heterocycles. The van der Waals surface area contributed by atoms with E-state index >= 15 is 0 Å². The van der Waals surface area contributed by atoms with Crippen molar-refractivity contribution in [2.75, 3.05) is 24.5 Å². The van der Waals surface area contributed by atoms with Gasteiger partial charge in [-0.1, -0.05) is 13.0 Å². The number of halogens is 1. The van der Waals surface area contributed by atoms with E-state index in [1.54, 1.807) is 17.0 Å². The number of nitrogens with one attached hydrogen (secondary N) is 1. The van der Waals surface area contributed by atoms with Gasteiger partial charge in [-0.05, 0) is 38.1 Å². The molecule has 0 fully saturated rings. The molecule has 0 aliphatic rings. The van der Waals surface area contributed by atoms with E-state index in [4.69, 9.17) is 0 Å². The first-order chi connectivity index (χ1) is 8.19. The van der Waals surface area contributed by atoms with E-state index in [0.717, 1.165) is 13.0 Å². The number of nitrogens with zero attached hydrogens (tertiary/aromatic N) is 1. The minimum absolute atomic E-state index is 0.0356. The van der Waals surface area contributed by atoms with Gasteiger partial charge in [-0.3, -0.25) is 4.79 Å². The Balaban J connectivity index is 2.67. The lowest BCUT2D eigenvalue weighted by Gasteiger charge is -2.21. The van der Waals surface area contributed by atoms with Crippen LogP contribution in [0.15, 0.2) is 24.3 Å². The maximum Gasteiger partial charge on any atom is 0.240 e. The van der Waals surface area contributed by atoms with Crippen LogP contribution in [-0.2, 0) is 4.79 Å². The van der Waals surface area contributed by atoms with Crippen LogP contribution in [0.5, 0.6) is 0 Å². The summed E-state index contributed by atoms with van der Waals surface area (Å²) < 4.78 is 13.1. The van der Waals surface area contributed by atoms with Gasteiger partial charge in [0.1, 0.15) is 5.82 Å². The van der Waals surface area contributed by atoms with Crippen molar-refractivity contribution in [2.45, 2.75) is 20.3 Å². The molecule has 0 bridgehead atoms. The van der Waals surface area contributed by atoms with E-state index in [2.05, 4.69) is 5.32 Å². The monoisotopic (exact) mass is 238 g/mol. The highest BCUT2D eigenvalue weighted by Crippen LogP contribution is 2.15. The summed E-state index contributed by atoms with van der Waals surface area (Å²) in [5, 5.41) is 3.05. The Morgan fingerprint density at radius 1 is 1.41 bits per heavy atom. The third kappa shape index (κ3) is 4.15. The summed E-state index contributed by atoms with van der Waals surface area (Å²) in [5.41, 5.74) is 0.607. The number of benzene rings is 1. The van der Waals surface area contributed by atoms with Crippen molar-refractivity contribution in [3.05, 3.63) is 30.1 Å². The molecule has 17 heavy (non-hydrogen) atoms. The molecule has 0 saturated heterocycles. The molecule has 0 atom stereocenters. The largest absolute Gasteiger partial charge is 0.311 e. The Hall–Kier alpha value is -1.42. The summed E-state index contributed by atoms with van der Waals surface area (Å²) in [6.07, 6.45) is 0.985. The van der Waals surface area contributed by atoms with E-state index in [9.17, 15) is 9.18 Å². The SMILES string of the molecule is CCCNCC(=O)N(CC)c1cccc(F)c1. The predicted octanol–water partition coefficient (Wildman–Crippen LogP) is 2.18. The molecule has 0 saturated carbocycles. The predicted molar refractivity (Wildman–Crippen MR) is 67.6 cm³/mol. The molecule has 1 aromatic rings. The zero-order chi connectivity index (χ0) is 12.7. The normalized spacial score (nSPS) is 10.3. The van der Waals surface area contributed by atoms with E-state index in [1.165, 1.54) is 12.1 Å². The van der Waals surface area contributed by atoms with Crippen LogP contribution >= 0.6 is 0 Å². The van der Waals surface area contributed by atoms with E-state index in [1.807, 2.05) is 13.8 Å². The highest BCUT2D eigenvalue weighted by Gasteiger charge is 2.13. The molecule has 4 heteroatoms. The highest BCUT2D eigenvalue weighted by atomic mass is 19.1. The molecule has 0 aliphatic carbocycles. The molecule has 0 aromatic heterocycles. The van der Waals surface area contributed by atoms with Gasteiger partial charge >= 0.3 is 0 Å². The lowest BCUT2D eigenvalue weighted by atomic mass is 10.2. The van der Waals surface area contributed by atoms with Gasteiger partial charge in [0.2, 0.25) is 5.91 Å². The molecule has 0 spiro atoms. The Morgan fingerprint density at radius 3 is 2.76 bits per heavy atom. The first kappa shape index (κ1) is 13.6. The van der Waals surface area contributed by atoms with Crippen molar-refractivity contribution in [1.82, 2.24) is 5.32 Å². The number of hydrogen-bond donors (Lipinski definition) is 1. The zero-order valence-corrected chi connectivity index (χ0v) is 10.4. The Kier molecular flexibility index (Phi) is 5.63. The van der Waals surface area contributed by atoms with E-state index < -0.39 is 0 Å². The van der Waals surface area contributed by atoms with Gasteiger partial charge in [-0.2, -0.15) is 0 Å². The van der Waals surface area contributed by atoms with Gasteiger partial charge in [-0.15, -0.1) is 0 Å². The van der Waals surface area contributed by atoms with Crippen molar-refractivity contribution >= 4 is 11.6 Å². The summed E-state index contributed by atoms with van der Waals surface area (Å²) in [7, 11) is 0. The summed E-state index contributed by atoms with van der Waals surface area (Å²) in [5.74, 6) is -0.359. The number of carbonyl (C=O) groups is 1. The van der Waals surface area contributed by atoms with Crippen LogP contribution in [0.4, 0.5) is 10.1 Å². The summed E-state index contributed by atoms with van der Waals surface area (Å²) in [6, 6.07) is 6.10. The quantitative estimate of drug-likeness (QED) is 0.770. The minimum Gasteiger partial charge on any atom is -0.311 e. The van der Waals surface area contributed by atoms with Gasteiger partial charge in [0.15, 0.2) is 0 Å². The second-order valence-corrected chi connectivity index (χ2v) is 3.79. The number of amides is 1. The second-order valence-electron chi connectivity index (χ2n) is 3.79. The molecule has 1 rings (SSSR count). The maximum atomic E-state index is 13.1. The van der Waals surface area contributed by atoms with Gasteiger partial charge in [0.25, 0.3) is 0 Å². The second kappa shape index (κ2) is 7.01. The van der Waals surface area contributed by atoms with Crippen LogP contribution in [0.3, 0.4) is 0 Å². The standard InChI is InChI=1S/C13H19FN2O/c1-3-8-15-10-13(17)16(4-2)12-7-5-6-11(14)9-12/h5-7,9,15H,3-4,8,10H2,1-2H3. The van der Waals surface area contributed by atoms with Gasteiger partial charge in [0, 0.05) is 12.2 Å². The van der Waals surface area contributed by atoms with E-state index in [0.29, 0.717) is 12.2 Å². The fraction of sp³-hybridized carbons (Fsp3) is 0.462. The lowest BCUT2D eigenvalue weighted by molar-refractivity contribution is -0.117. The van der Waals surface area contributed by atoms with E-state index in [-0.39, 0.29) is 18.3 Å². The number of rotatable bonds is 6.